The summed E-state index contributed by atoms with van der Waals surface area (Å²) in [6.45, 7) is 5.43. The fourth-order valence-electron chi connectivity index (χ4n) is 9.32. The number of fused-ring (bicyclic) bond motifs is 2. The molecule has 20 heteroatoms. The van der Waals surface area contributed by atoms with Gasteiger partial charge in [0.1, 0.15) is 23.2 Å². The van der Waals surface area contributed by atoms with Crippen LogP contribution in [0.5, 0.6) is 11.5 Å². The molecule has 9 rings (SSSR count). The summed E-state index contributed by atoms with van der Waals surface area (Å²) < 4.78 is 51.3. The molecule has 5 aromatic rings. The van der Waals surface area contributed by atoms with Crippen LogP contribution in [0.3, 0.4) is 0 Å². The second-order valence-electron chi connectivity index (χ2n) is 17.2. The molecule has 4 aliphatic heterocycles. The number of carbonyl (C=O) groups excluding carboxylic acids is 3. The van der Waals surface area contributed by atoms with Gasteiger partial charge in [0.2, 0.25) is 11.8 Å². The summed E-state index contributed by atoms with van der Waals surface area (Å²) >= 11 is 1.27. The van der Waals surface area contributed by atoms with Crippen LogP contribution in [-0.4, -0.2) is 105 Å². The number of carbonyl (C=O) groups is 3. The summed E-state index contributed by atoms with van der Waals surface area (Å²) in [4.78, 5) is 61.6. The number of aromatic nitrogens is 4. The molecule has 6 heterocycles. The maximum atomic E-state index is 15.7. The lowest BCUT2D eigenvalue weighted by Crippen LogP contribution is -2.49. The van der Waals surface area contributed by atoms with Gasteiger partial charge in [-0.15, -0.1) is 0 Å². The minimum atomic E-state index is -0.717. The first-order chi connectivity index (χ1) is 31.3. The number of ether oxygens (including phenoxy) is 2. The number of halogens is 2. The van der Waals surface area contributed by atoms with Crippen LogP contribution in [0.15, 0.2) is 53.6 Å². The van der Waals surface area contributed by atoms with Crippen LogP contribution < -0.4 is 30.1 Å². The Labute approximate surface area is 377 Å². The molecule has 2 N–H and O–H groups in total. The first-order valence-corrected chi connectivity index (χ1v) is 22.6. The van der Waals surface area contributed by atoms with E-state index in [-0.39, 0.29) is 64.7 Å². The molecule has 2 aromatic heterocycles. The van der Waals surface area contributed by atoms with E-state index in [0.717, 1.165) is 19.4 Å². The topological polar surface area (TPSA) is 183 Å². The van der Waals surface area contributed by atoms with Gasteiger partial charge in [0, 0.05) is 76.7 Å². The standard InChI is InChI=1S/C45H49F2N11O6S/c1-4-53(2)65-52-36-8-6-33(46)41(32(36)24-48)64-29-5-7-35-30(20-29)43(61)58(26-49-35)28-23-45(63-25-28)12-17-56(18-13-45)40(60)19-27-9-14-55(15-10-27)38-22-37-31(21-34(38)47)42(51-54(37)3)57-16-11-39(59)50-44(57)62/h5-8,20-22,26-28,52H,4,9-19,23,25H2,1-3H3,(H,50,59,62). The molecule has 4 amide bonds. The molecule has 4 saturated heterocycles. The Kier molecular flexibility index (Phi) is 12.1. The number of amides is 4. The second-order valence-corrected chi connectivity index (χ2v) is 18.2. The lowest BCUT2D eigenvalue weighted by Gasteiger charge is -2.40. The number of aryl methyl sites for hydroxylation is 1. The molecule has 0 saturated carbocycles. The molecule has 0 bridgehead atoms. The molecule has 3 aromatic carbocycles. The third kappa shape index (κ3) is 8.67. The molecule has 1 atom stereocenters. The zero-order valence-electron chi connectivity index (χ0n) is 36.3. The van der Waals surface area contributed by atoms with Crippen LogP contribution in [0.25, 0.3) is 21.8 Å². The summed E-state index contributed by atoms with van der Waals surface area (Å²) in [5.41, 5.74) is 1.15. The predicted molar refractivity (Wildman–Crippen MR) is 241 cm³/mol. The van der Waals surface area contributed by atoms with E-state index in [1.165, 1.54) is 47.6 Å². The number of likely N-dealkylation sites (tertiary alicyclic amines) is 1. The van der Waals surface area contributed by atoms with Gasteiger partial charge >= 0.3 is 6.03 Å². The summed E-state index contributed by atoms with van der Waals surface area (Å²) in [7, 11) is 3.61. The highest BCUT2D eigenvalue weighted by Gasteiger charge is 2.44. The lowest BCUT2D eigenvalue weighted by molar-refractivity contribution is -0.137. The Morgan fingerprint density at radius 2 is 1.85 bits per heavy atom. The minimum Gasteiger partial charge on any atom is -0.453 e. The van der Waals surface area contributed by atoms with Crippen LogP contribution in [0.4, 0.5) is 30.8 Å². The van der Waals surface area contributed by atoms with Gasteiger partial charge < -0.3 is 24.0 Å². The minimum absolute atomic E-state index is 0.00771. The van der Waals surface area contributed by atoms with Crippen molar-refractivity contribution in [3.05, 3.63) is 76.3 Å². The number of hydrogen-bond donors (Lipinski definition) is 2. The second kappa shape index (κ2) is 17.9. The number of rotatable bonds is 11. The summed E-state index contributed by atoms with van der Waals surface area (Å²) in [6.07, 6.45) is 5.37. The van der Waals surface area contributed by atoms with Crippen molar-refractivity contribution in [2.24, 2.45) is 13.0 Å². The fraction of sp³-hybridized carbons (Fsp3) is 0.444. The first kappa shape index (κ1) is 43.9. The average Bonchev–Trinajstić information content (AvgIpc) is 3.85. The molecule has 4 aliphatic rings. The van der Waals surface area contributed by atoms with E-state index in [9.17, 15) is 24.4 Å². The molecule has 65 heavy (non-hydrogen) atoms. The Balaban J connectivity index is 0.793. The van der Waals surface area contributed by atoms with Crippen molar-refractivity contribution in [3.63, 3.8) is 0 Å². The molecule has 340 valence electrons. The van der Waals surface area contributed by atoms with Crippen molar-refractivity contribution in [2.75, 3.05) is 67.4 Å². The third-order valence-electron chi connectivity index (χ3n) is 13.2. The largest absolute Gasteiger partial charge is 0.453 e. The average molecular weight is 910 g/mol. The lowest BCUT2D eigenvalue weighted by atomic mass is 9.86. The smallest absolute Gasteiger partial charge is 0.329 e. The highest BCUT2D eigenvalue weighted by molar-refractivity contribution is 7.98. The number of piperidine rings is 2. The molecule has 17 nitrogen and oxygen atoms in total. The van der Waals surface area contributed by atoms with Crippen LogP contribution in [0.1, 0.15) is 63.5 Å². The zero-order valence-corrected chi connectivity index (χ0v) is 37.1. The molecule has 1 spiro atoms. The van der Waals surface area contributed by atoms with Crippen molar-refractivity contribution < 1.29 is 32.6 Å². The van der Waals surface area contributed by atoms with E-state index in [4.69, 9.17) is 9.47 Å². The molecule has 0 radical (unpaired) electrons. The van der Waals surface area contributed by atoms with E-state index >= 15 is 8.78 Å². The number of benzene rings is 3. The quantitative estimate of drug-likeness (QED) is 0.143. The molecule has 1 unspecified atom stereocenters. The number of nitrogens with one attached hydrogen (secondary N) is 2. The Hall–Kier alpha value is -6.30. The number of nitriles is 1. The van der Waals surface area contributed by atoms with Crippen LogP contribution in [-0.2, 0) is 21.4 Å². The van der Waals surface area contributed by atoms with E-state index in [0.29, 0.717) is 92.1 Å². The summed E-state index contributed by atoms with van der Waals surface area (Å²) in [6, 6.07) is 11.8. The van der Waals surface area contributed by atoms with Crippen LogP contribution in [0.2, 0.25) is 0 Å². The maximum Gasteiger partial charge on any atom is 0.329 e. The van der Waals surface area contributed by atoms with Gasteiger partial charge in [-0.3, -0.25) is 33.8 Å². The van der Waals surface area contributed by atoms with Crippen LogP contribution >= 0.6 is 12.1 Å². The maximum absolute atomic E-state index is 15.7. The number of hydrogen-bond acceptors (Lipinski definition) is 13. The molecular weight excluding hydrogens is 861 g/mol. The fourth-order valence-corrected chi connectivity index (χ4v) is 9.87. The van der Waals surface area contributed by atoms with Gasteiger partial charge in [-0.2, -0.15) is 10.4 Å². The molecule has 4 fully saturated rings. The van der Waals surface area contributed by atoms with Gasteiger partial charge in [0.15, 0.2) is 17.4 Å². The van der Waals surface area contributed by atoms with Crippen molar-refractivity contribution in [3.8, 4) is 17.6 Å². The van der Waals surface area contributed by atoms with E-state index in [1.54, 1.807) is 34.5 Å². The van der Waals surface area contributed by atoms with E-state index in [2.05, 4.69) is 20.1 Å². The third-order valence-corrected chi connectivity index (χ3v) is 14.1. The zero-order chi connectivity index (χ0) is 45.6. The number of anilines is 3. The summed E-state index contributed by atoms with van der Waals surface area (Å²) in [5, 5.41) is 17.5. The Morgan fingerprint density at radius 1 is 1.06 bits per heavy atom. The van der Waals surface area contributed by atoms with Gasteiger partial charge in [0.25, 0.3) is 5.56 Å². The van der Waals surface area contributed by atoms with Crippen molar-refractivity contribution >= 4 is 69.0 Å². The number of nitrogens with zero attached hydrogens (tertiary/aromatic N) is 9. The molecular formula is C45H49F2N11O6S. The highest BCUT2D eigenvalue weighted by atomic mass is 32.2. The SMILES string of the molecule is CCN(C)SNc1ccc(F)c(Oc2ccc3ncn(C4COC5(CCN(C(=O)CC6CCN(c7cc8c(cc7F)c(N7CCC(=O)NC7=O)nn8C)CC6)CC5)C4)c(=O)c3c2)c1C#N. The summed E-state index contributed by atoms with van der Waals surface area (Å²) in [5.74, 6) is -1.03. The normalized spacial score (nSPS) is 19.1. The van der Waals surface area contributed by atoms with E-state index < -0.39 is 23.3 Å². The van der Waals surface area contributed by atoms with Gasteiger partial charge in [0.05, 0.1) is 52.4 Å². The van der Waals surface area contributed by atoms with Gasteiger partial charge in [-0.1, -0.05) is 6.92 Å². The van der Waals surface area contributed by atoms with E-state index in [1.807, 2.05) is 34.1 Å². The van der Waals surface area contributed by atoms with Gasteiger partial charge in [-0.05, 0) is 87.5 Å². The van der Waals surface area contributed by atoms with Crippen molar-refractivity contribution in [2.45, 2.75) is 63.5 Å². The predicted octanol–water partition coefficient (Wildman–Crippen LogP) is 6.23. The Morgan fingerprint density at radius 3 is 2.58 bits per heavy atom. The highest BCUT2D eigenvalue weighted by Crippen LogP contribution is 2.42. The van der Waals surface area contributed by atoms with Gasteiger partial charge in [-0.25, -0.2) is 22.9 Å². The van der Waals surface area contributed by atoms with Crippen molar-refractivity contribution in [1.82, 2.24) is 33.9 Å². The molecule has 0 aliphatic carbocycles. The number of urea groups is 1. The van der Waals surface area contributed by atoms with Crippen molar-refractivity contribution in [1.29, 1.82) is 5.26 Å². The Bertz CT molecular complexity index is 2800. The first-order valence-electron chi connectivity index (χ1n) is 21.8. The number of imide groups is 1. The monoisotopic (exact) mass is 909 g/mol. The van der Waals surface area contributed by atoms with Crippen LogP contribution in [0, 0.1) is 28.9 Å².